The Morgan fingerprint density at radius 2 is 1.93 bits per heavy atom. The van der Waals surface area contributed by atoms with E-state index in [-0.39, 0.29) is 8.46 Å². The highest BCUT2D eigenvalue weighted by atomic mass is 31.1. The van der Waals surface area contributed by atoms with E-state index in [9.17, 15) is 4.57 Å². The maximum atomic E-state index is 10.6. The Morgan fingerprint density at radius 3 is 2.50 bits per heavy atom. The van der Waals surface area contributed by atoms with Crippen LogP contribution in [0.3, 0.4) is 0 Å². The smallest absolute Gasteiger partial charge is 0.192 e. The fourth-order valence-electron chi connectivity index (χ4n) is 1.36. The second-order valence-electron chi connectivity index (χ2n) is 3.03. The fraction of sp³-hybridized carbons (Fsp3) is 0.0909. The summed E-state index contributed by atoms with van der Waals surface area (Å²) in [4.78, 5) is 2.13. The number of benzene rings is 1. The molecule has 3 heteroatoms. The van der Waals surface area contributed by atoms with E-state index < -0.39 is 0 Å². The summed E-state index contributed by atoms with van der Waals surface area (Å²) in [6, 6.07) is 7.69. The van der Waals surface area contributed by atoms with Gasteiger partial charge in [-0.2, -0.15) is 0 Å². The van der Waals surface area contributed by atoms with Crippen molar-refractivity contribution in [3.8, 4) is 0 Å². The standard InChI is InChI=1S/C11H10NOP/c13-14-11-6-4-10(5-7-11)12-8-2-1-3-9-12/h1-8H,9H2. The summed E-state index contributed by atoms with van der Waals surface area (Å²) in [5, 5.41) is 0.810. The van der Waals surface area contributed by atoms with Crippen molar-refractivity contribution in [1.29, 1.82) is 0 Å². The van der Waals surface area contributed by atoms with Crippen molar-refractivity contribution < 1.29 is 4.57 Å². The molecule has 0 saturated carbocycles. The Labute approximate surface area is 84.8 Å². The third-order valence-corrected chi connectivity index (χ3v) is 2.61. The first-order chi connectivity index (χ1) is 6.90. The molecule has 2 rings (SSSR count). The Bertz CT molecular complexity index is 381. The highest BCUT2D eigenvalue weighted by Gasteiger charge is 2.02. The van der Waals surface area contributed by atoms with E-state index in [1.165, 1.54) is 0 Å². The molecule has 0 unspecified atom stereocenters. The van der Waals surface area contributed by atoms with Crippen LogP contribution in [0.1, 0.15) is 0 Å². The first-order valence-electron chi connectivity index (χ1n) is 4.43. The van der Waals surface area contributed by atoms with Gasteiger partial charge >= 0.3 is 0 Å². The van der Waals surface area contributed by atoms with Crippen LogP contribution in [0.25, 0.3) is 0 Å². The van der Waals surface area contributed by atoms with E-state index in [0.717, 1.165) is 17.5 Å². The average molecular weight is 203 g/mol. The maximum absolute atomic E-state index is 10.6. The second kappa shape index (κ2) is 4.21. The van der Waals surface area contributed by atoms with E-state index in [0.29, 0.717) is 0 Å². The van der Waals surface area contributed by atoms with Gasteiger partial charge in [-0.1, -0.05) is 12.2 Å². The molecule has 0 N–H and O–H groups in total. The van der Waals surface area contributed by atoms with Crippen molar-refractivity contribution in [1.82, 2.24) is 0 Å². The molecule has 0 fully saturated rings. The van der Waals surface area contributed by atoms with Crippen molar-refractivity contribution in [2.24, 2.45) is 0 Å². The summed E-state index contributed by atoms with van der Waals surface area (Å²) < 4.78 is 10.6. The third-order valence-electron chi connectivity index (χ3n) is 2.10. The SMILES string of the molecule is O=Pc1ccc(N2C=CC=CC2)cc1. The summed E-state index contributed by atoms with van der Waals surface area (Å²) in [5.74, 6) is 0. The minimum Gasteiger partial charge on any atom is -0.344 e. The van der Waals surface area contributed by atoms with Gasteiger partial charge in [-0.15, -0.1) is 0 Å². The number of allylic oxidation sites excluding steroid dienone is 2. The molecule has 0 radical (unpaired) electrons. The molecule has 0 aromatic heterocycles. The monoisotopic (exact) mass is 203 g/mol. The van der Waals surface area contributed by atoms with Crippen LogP contribution in [0.15, 0.2) is 48.7 Å². The van der Waals surface area contributed by atoms with Gasteiger partial charge in [-0.3, -0.25) is 4.57 Å². The maximum Gasteiger partial charge on any atom is 0.192 e. The number of hydrogen-bond donors (Lipinski definition) is 0. The molecule has 1 aromatic rings. The van der Waals surface area contributed by atoms with E-state index in [4.69, 9.17) is 0 Å². The van der Waals surface area contributed by atoms with Gasteiger partial charge in [0.05, 0.1) is 0 Å². The summed E-state index contributed by atoms with van der Waals surface area (Å²) >= 11 is 0. The summed E-state index contributed by atoms with van der Waals surface area (Å²) in [5.41, 5.74) is 1.12. The quantitative estimate of drug-likeness (QED) is 0.688. The van der Waals surface area contributed by atoms with Gasteiger partial charge in [-0.25, -0.2) is 0 Å². The Balaban J connectivity index is 2.20. The number of hydrogen-bond acceptors (Lipinski definition) is 2. The van der Waals surface area contributed by atoms with Crippen LogP contribution in [-0.2, 0) is 4.57 Å². The molecule has 0 amide bonds. The zero-order chi connectivity index (χ0) is 9.80. The zero-order valence-electron chi connectivity index (χ0n) is 7.63. The second-order valence-corrected chi connectivity index (χ2v) is 3.73. The normalized spacial score (nSPS) is 15.0. The van der Waals surface area contributed by atoms with E-state index in [1.807, 2.05) is 42.6 Å². The topological polar surface area (TPSA) is 20.3 Å². The van der Waals surface area contributed by atoms with E-state index in [2.05, 4.69) is 11.0 Å². The van der Waals surface area contributed by atoms with Crippen LogP contribution >= 0.6 is 8.46 Å². The lowest BCUT2D eigenvalue weighted by molar-refractivity contribution is 0.603. The van der Waals surface area contributed by atoms with Gasteiger partial charge in [0.2, 0.25) is 0 Å². The van der Waals surface area contributed by atoms with Crippen LogP contribution in [0.4, 0.5) is 5.69 Å². The lowest BCUT2D eigenvalue weighted by atomic mass is 10.2. The molecule has 0 bridgehead atoms. The van der Waals surface area contributed by atoms with Gasteiger partial charge in [0, 0.05) is 23.7 Å². The molecule has 0 aliphatic carbocycles. The molecule has 1 aliphatic heterocycles. The van der Waals surface area contributed by atoms with Crippen molar-refractivity contribution in [2.45, 2.75) is 0 Å². The Hall–Kier alpha value is -1.40. The van der Waals surface area contributed by atoms with Gasteiger partial charge in [-0.05, 0) is 30.3 Å². The third kappa shape index (κ3) is 1.91. The van der Waals surface area contributed by atoms with Crippen LogP contribution in [-0.4, -0.2) is 6.54 Å². The Morgan fingerprint density at radius 1 is 1.14 bits per heavy atom. The molecule has 0 atom stereocenters. The summed E-state index contributed by atoms with van der Waals surface area (Å²) in [6.07, 6.45) is 8.16. The van der Waals surface area contributed by atoms with Crippen LogP contribution in [0.5, 0.6) is 0 Å². The predicted molar refractivity (Wildman–Crippen MR) is 59.3 cm³/mol. The van der Waals surface area contributed by atoms with E-state index >= 15 is 0 Å². The number of anilines is 1. The van der Waals surface area contributed by atoms with Gasteiger partial charge in [0.25, 0.3) is 0 Å². The largest absolute Gasteiger partial charge is 0.344 e. The minimum atomic E-state index is 0.0793. The molecule has 1 aromatic carbocycles. The molecule has 14 heavy (non-hydrogen) atoms. The number of nitrogens with zero attached hydrogens (tertiary/aromatic N) is 1. The van der Waals surface area contributed by atoms with Crippen molar-refractivity contribution in [2.75, 3.05) is 11.4 Å². The zero-order valence-corrected chi connectivity index (χ0v) is 8.52. The lowest BCUT2D eigenvalue weighted by Gasteiger charge is -2.20. The van der Waals surface area contributed by atoms with Crippen LogP contribution in [0.2, 0.25) is 0 Å². The molecule has 70 valence electrons. The molecule has 0 spiro atoms. The molecule has 0 saturated heterocycles. The van der Waals surface area contributed by atoms with E-state index in [1.54, 1.807) is 0 Å². The molecular weight excluding hydrogens is 193 g/mol. The molecule has 1 aliphatic rings. The first kappa shape index (κ1) is 9.17. The Kier molecular flexibility index (Phi) is 2.76. The highest BCUT2D eigenvalue weighted by Crippen LogP contribution is 2.15. The predicted octanol–water partition coefficient (Wildman–Crippen LogP) is 2.49. The van der Waals surface area contributed by atoms with Gasteiger partial charge in [0.15, 0.2) is 8.46 Å². The molecule has 2 nitrogen and oxygen atoms in total. The summed E-state index contributed by atoms with van der Waals surface area (Å²) in [7, 11) is 0.0793. The molecular formula is C11H10NOP. The van der Waals surface area contributed by atoms with Crippen molar-refractivity contribution in [3.63, 3.8) is 0 Å². The lowest BCUT2D eigenvalue weighted by Crippen LogP contribution is -2.17. The highest BCUT2D eigenvalue weighted by molar-refractivity contribution is 7.34. The minimum absolute atomic E-state index is 0.0793. The summed E-state index contributed by atoms with van der Waals surface area (Å²) in [6.45, 7) is 0.894. The first-order valence-corrected chi connectivity index (χ1v) is 5.25. The fourth-order valence-corrected chi connectivity index (χ4v) is 1.63. The van der Waals surface area contributed by atoms with Gasteiger partial charge in [0.1, 0.15) is 0 Å². The average Bonchev–Trinajstić information content (AvgIpc) is 2.30. The molecule has 1 heterocycles. The van der Waals surface area contributed by atoms with Crippen LogP contribution in [0, 0.1) is 0 Å². The van der Waals surface area contributed by atoms with Gasteiger partial charge < -0.3 is 4.90 Å². The number of rotatable bonds is 2. The van der Waals surface area contributed by atoms with Crippen LogP contribution < -0.4 is 10.2 Å². The van der Waals surface area contributed by atoms with Crippen molar-refractivity contribution >= 4 is 19.5 Å². The van der Waals surface area contributed by atoms with Crippen molar-refractivity contribution in [3.05, 3.63) is 48.7 Å².